The zero-order valence-corrected chi connectivity index (χ0v) is 7.32. The van der Waals surface area contributed by atoms with E-state index in [-0.39, 0.29) is 12.4 Å². The summed E-state index contributed by atoms with van der Waals surface area (Å²) in [6.45, 7) is 1.93. The number of aliphatic hydroxyl groups excluding tert-OH is 1. The van der Waals surface area contributed by atoms with Crippen molar-refractivity contribution >= 4 is 0 Å². The zero-order valence-electron chi connectivity index (χ0n) is 7.32. The van der Waals surface area contributed by atoms with Gasteiger partial charge in [0.15, 0.2) is 0 Å². The largest absolute Gasteiger partial charge is 0.508 e. The van der Waals surface area contributed by atoms with Crippen molar-refractivity contribution in [2.45, 2.75) is 6.92 Å². The molecular formula is C9H14O3. The third kappa shape index (κ3) is 4.57. The average Bonchev–Trinajstić information content (AvgIpc) is 2.06. The van der Waals surface area contributed by atoms with Crippen LogP contribution in [0.25, 0.3) is 0 Å². The first kappa shape index (κ1) is 10.8. The molecule has 3 nitrogen and oxygen atoms in total. The van der Waals surface area contributed by atoms with Crippen LogP contribution >= 0.6 is 0 Å². The van der Waals surface area contributed by atoms with Crippen molar-refractivity contribution in [1.29, 1.82) is 0 Å². The van der Waals surface area contributed by atoms with Crippen LogP contribution in [-0.4, -0.2) is 23.9 Å². The number of aliphatic hydroxyl groups is 1. The molecule has 1 aromatic carbocycles. The molecule has 0 aromatic heterocycles. The third-order valence-electron chi connectivity index (χ3n) is 1.05. The van der Waals surface area contributed by atoms with Crippen molar-refractivity contribution < 1.29 is 14.9 Å². The molecule has 0 aliphatic carbocycles. The Balaban J connectivity index is 0.000000354. The molecule has 0 saturated carbocycles. The number of rotatable bonds is 1. The number of benzene rings is 1. The van der Waals surface area contributed by atoms with E-state index in [0.717, 1.165) is 0 Å². The van der Waals surface area contributed by atoms with E-state index in [0.29, 0.717) is 5.75 Å². The van der Waals surface area contributed by atoms with Crippen molar-refractivity contribution in [2.75, 3.05) is 13.7 Å². The first-order valence-electron chi connectivity index (χ1n) is 3.68. The summed E-state index contributed by atoms with van der Waals surface area (Å²) >= 11 is 0. The number of hydrogen-bond acceptors (Lipinski definition) is 3. The van der Waals surface area contributed by atoms with Gasteiger partial charge in [0, 0.05) is 12.7 Å². The highest BCUT2D eigenvalue weighted by molar-refractivity contribution is 5.31. The summed E-state index contributed by atoms with van der Waals surface area (Å²) in [6.07, 6.45) is 0. The summed E-state index contributed by atoms with van der Waals surface area (Å²) in [5.41, 5.74) is 0. The smallest absolute Gasteiger partial charge is 0.122 e. The first-order valence-corrected chi connectivity index (χ1v) is 3.68. The number of methoxy groups -OCH3 is 1. The second-order valence-corrected chi connectivity index (χ2v) is 2.02. The molecule has 1 rings (SSSR count). The van der Waals surface area contributed by atoms with Gasteiger partial charge >= 0.3 is 0 Å². The monoisotopic (exact) mass is 170 g/mol. The Morgan fingerprint density at radius 1 is 1.42 bits per heavy atom. The standard InChI is InChI=1S/C7H8O2.C2H6O/c1-9-7-4-2-3-6(8)5-7;1-2-3/h2-5,8H,1H3;3H,2H2,1H3. The predicted octanol–water partition coefficient (Wildman–Crippen LogP) is 1.40. The minimum absolute atomic E-state index is 0.231. The lowest BCUT2D eigenvalue weighted by Gasteiger charge is -1.97. The van der Waals surface area contributed by atoms with Crippen molar-refractivity contribution in [3.8, 4) is 11.5 Å². The Labute approximate surface area is 72.2 Å². The second kappa shape index (κ2) is 6.49. The Morgan fingerprint density at radius 3 is 2.33 bits per heavy atom. The predicted molar refractivity (Wildman–Crippen MR) is 47.4 cm³/mol. The first-order chi connectivity index (χ1) is 5.74. The molecule has 3 heteroatoms. The highest BCUT2D eigenvalue weighted by Crippen LogP contribution is 2.16. The molecule has 0 unspecified atom stereocenters. The SMILES string of the molecule is CCO.COc1cccc(O)c1. The van der Waals surface area contributed by atoms with Gasteiger partial charge in [-0.05, 0) is 19.1 Å². The topological polar surface area (TPSA) is 49.7 Å². The molecule has 12 heavy (non-hydrogen) atoms. The van der Waals surface area contributed by atoms with Crippen LogP contribution in [0.3, 0.4) is 0 Å². The minimum Gasteiger partial charge on any atom is -0.508 e. The Kier molecular flexibility index (Phi) is 5.83. The quantitative estimate of drug-likeness (QED) is 0.669. The van der Waals surface area contributed by atoms with Gasteiger partial charge in [0.1, 0.15) is 11.5 Å². The molecule has 0 amide bonds. The maximum absolute atomic E-state index is 8.86. The lowest BCUT2D eigenvalue weighted by molar-refractivity contribution is 0.318. The highest BCUT2D eigenvalue weighted by atomic mass is 16.5. The van der Waals surface area contributed by atoms with Gasteiger partial charge < -0.3 is 14.9 Å². The molecule has 0 heterocycles. The van der Waals surface area contributed by atoms with Gasteiger partial charge in [-0.25, -0.2) is 0 Å². The maximum Gasteiger partial charge on any atom is 0.122 e. The van der Waals surface area contributed by atoms with E-state index in [2.05, 4.69) is 0 Å². The molecule has 0 radical (unpaired) electrons. The van der Waals surface area contributed by atoms with Crippen LogP contribution in [0.1, 0.15) is 6.92 Å². The number of ether oxygens (including phenoxy) is 1. The molecule has 68 valence electrons. The molecule has 0 bridgehead atoms. The van der Waals surface area contributed by atoms with Crippen LogP contribution in [-0.2, 0) is 0 Å². The summed E-state index contributed by atoms with van der Waals surface area (Å²) in [6, 6.07) is 6.66. The van der Waals surface area contributed by atoms with Crippen LogP contribution in [0.5, 0.6) is 11.5 Å². The summed E-state index contributed by atoms with van der Waals surface area (Å²) < 4.78 is 4.84. The molecular weight excluding hydrogens is 156 g/mol. The van der Waals surface area contributed by atoms with Gasteiger partial charge in [-0.3, -0.25) is 0 Å². The van der Waals surface area contributed by atoms with Gasteiger partial charge in [-0.1, -0.05) is 6.07 Å². The molecule has 0 aliphatic heterocycles. The van der Waals surface area contributed by atoms with Gasteiger partial charge in [-0.15, -0.1) is 0 Å². The number of phenolic OH excluding ortho intramolecular Hbond substituents is 1. The van der Waals surface area contributed by atoms with Gasteiger partial charge in [0.05, 0.1) is 7.11 Å². The van der Waals surface area contributed by atoms with Crippen LogP contribution in [0.15, 0.2) is 24.3 Å². The lowest BCUT2D eigenvalue weighted by Crippen LogP contribution is -1.79. The van der Waals surface area contributed by atoms with Crippen LogP contribution < -0.4 is 4.74 Å². The summed E-state index contributed by atoms with van der Waals surface area (Å²) in [5, 5.41) is 16.4. The van der Waals surface area contributed by atoms with E-state index in [1.165, 1.54) is 0 Å². The van der Waals surface area contributed by atoms with E-state index in [1.54, 1.807) is 38.3 Å². The summed E-state index contributed by atoms with van der Waals surface area (Å²) in [7, 11) is 1.56. The van der Waals surface area contributed by atoms with Crippen LogP contribution in [0.2, 0.25) is 0 Å². The number of phenols is 1. The van der Waals surface area contributed by atoms with Crippen molar-refractivity contribution in [1.82, 2.24) is 0 Å². The molecule has 1 aromatic rings. The highest BCUT2D eigenvalue weighted by Gasteiger charge is 1.88. The lowest BCUT2D eigenvalue weighted by atomic mass is 10.3. The van der Waals surface area contributed by atoms with E-state index in [1.807, 2.05) is 0 Å². The van der Waals surface area contributed by atoms with Gasteiger partial charge in [-0.2, -0.15) is 0 Å². The Bertz CT molecular complexity index is 211. The average molecular weight is 170 g/mol. The normalized spacial score (nSPS) is 8.25. The van der Waals surface area contributed by atoms with Crippen molar-refractivity contribution in [2.24, 2.45) is 0 Å². The number of aromatic hydroxyl groups is 1. The van der Waals surface area contributed by atoms with Crippen LogP contribution in [0, 0.1) is 0 Å². The Morgan fingerprint density at radius 2 is 2.00 bits per heavy atom. The van der Waals surface area contributed by atoms with Crippen molar-refractivity contribution in [3.63, 3.8) is 0 Å². The molecule has 0 aliphatic rings. The Hall–Kier alpha value is -1.22. The minimum atomic E-state index is 0.231. The fourth-order valence-corrected chi connectivity index (χ4v) is 0.610. The van der Waals surface area contributed by atoms with Crippen LogP contribution in [0.4, 0.5) is 0 Å². The fourth-order valence-electron chi connectivity index (χ4n) is 0.610. The number of hydrogen-bond donors (Lipinski definition) is 2. The molecule has 0 spiro atoms. The van der Waals surface area contributed by atoms with E-state index in [4.69, 9.17) is 14.9 Å². The van der Waals surface area contributed by atoms with Crippen molar-refractivity contribution in [3.05, 3.63) is 24.3 Å². The van der Waals surface area contributed by atoms with E-state index < -0.39 is 0 Å². The van der Waals surface area contributed by atoms with Gasteiger partial charge in [0.25, 0.3) is 0 Å². The second-order valence-electron chi connectivity index (χ2n) is 2.02. The molecule has 0 atom stereocenters. The molecule has 0 fully saturated rings. The molecule has 0 saturated heterocycles. The van der Waals surface area contributed by atoms with E-state index >= 15 is 0 Å². The van der Waals surface area contributed by atoms with Gasteiger partial charge in [0.2, 0.25) is 0 Å². The maximum atomic E-state index is 8.86. The fraction of sp³-hybridized carbons (Fsp3) is 0.333. The van der Waals surface area contributed by atoms with E-state index in [9.17, 15) is 0 Å². The summed E-state index contributed by atoms with van der Waals surface area (Å²) in [5.74, 6) is 0.907. The summed E-state index contributed by atoms with van der Waals surface area (Å²) in [4.78, 5) is 0. The zero-order chi connectivity index (χ0) is 9.40. The third-order valence-corrected chi connectivity index (χ3v) is 1.05. The molecule has 2 N–H and O–H groups in total.